The van der Waals surface area contributed by atoms with Crippen molar-refractivity contribution < 1.29 is 14.6 Å². The number of hydrogen-bond donors (Lipinski definition) is 1. The average molecular weight is 220 g/mol. The van der Waals surface area contributed by atoms with Gasteiger partial charge in [-0.1, -0.05) is 12.1 Å². The molecule has 3 rings (SSSR count). The molecular formula is C13H16O3. The standard InChI is InChI=1S/C13H16O3/c1-12-11(14)6-7-13(12,16-12)9-4-3-5-10(8-9)15-2/h3-5,8,11,14H,6-7H2,1-2H3/t11-,12-,13-/m1/s1. The Morgan fingerprint density at radius 2 is 2.31 bits per heavy atom. The largest absolute Gasteiger partial charge is 0.497 e. The highest BCUT2D eigenvalue weighted by atomic mass is 16.6. The number of ether oxygens (including phenoxy) is 2. The number of methoxy groups -OCH3 is 1. The van der Waals surface area contributed by atoms with E-state index in [4.69, 9.17) is 9.47 Å². The quantitative estimate of drug-likeness (QED) is 0.773. The van der Waals surface area contributed by atoms with E-state index in [9.17, 15) is 5.11 Å². The number of benzene rings is 1. The first-order valence-electron chi connectivity index (χ1n) is 5.65. The molecule has 3 nitrogen and oxygen atoms in total. The van der Waals surface area contributed by atoms with E-state index in [0.717, 1.165) is 24.2 Å². The van der Waals surface area contributed by atoms with Crippen LogP contribution in [0, 0.1) is 0 Å². The first-order chi connectivity index (χ1) is 7.62. The second kappa shape index (κ2) is 2.99. The second-order valence-corrected chi connectivity index (χ2v) is 4.82. The molecule has 2 fully saturated rings. The van der Waals surface area contributed by atoms with Crippen LogP contribution in [0.15, 0.2) is 24.3 Å². The van der Waals surface area contributed by atoms with Gasteiger partial charge >= 0.3 is 0 Å². The Bertz CT molecular complexity index is 427. The monoisotopic (exact) mass is 220 g/mol. The van der Waals surface area contributed by atoms with Crippen molar-refractivity contribution in [1.29, 1.82) is 0 Å². The molecule has 0 amide bonds. The Morgan fingerprint density at radius 3 is 2.88 bits per heavy atom. The van der Waals surface area contributed by atoms with Gasteiger partial charge in [0.1, 0.15) is 17.0 Å². The lowest BCUT2D eigenvalue weighted by Gasteiger charge is -2.11. The molecule has 1 saturated carbocycles. The molecule has 1 aliphatic carbocycles. The van der Waals surface area contributed by atoms with Crippen LogP contribution in [-0.2, 0) is 10.3 Å². The van der Waals surface area contributed by atoms with E-state index in [-0.39, 0.29) is 17.3 Å². The third kappa shape index (κ3) is 1.05. The van der Waals surface area contributed by atoms with Crippen LogP contribution in [-0.4, -0.2) is 23.9 Å². The zero-order valence-electron chi connectivity index (χ0n) is 9.56. The van der Waals surface area contributed by atoms with E-state index in [1.165, 1.54) is 0 Å². The summed E-state index contributed by atoms with van der Waals surface area (Å²) in [6.45, 7) is 1.99. The molecule has 1 aromatic carbocycles. The van der Waals surface area contributed by atoms with Crippen LogP contribution < -0.4 is 4.74 Å². The Labute approximate surface area is 95.0 Å². The second-order valence-electron chi connectivity index (χ2n) is 4.82. The number of rotatable bonds is 2. The van der Waals surface area contributed by atoms with Crippen LogP contribution in [0.4, 0.5) is 0 Å². The van der Waals surface area contributed by atoms with Crippen LogP contribution in [0.25, 0.3) is 0 Å². The summed E-state index contributed by atoms with van der Waals surface area (Å²) in [7, 11) is 1.66. The van der Waals surface area contributed by atoms with Crippen molar-refractivity contribution in [2.75, 3.05) is 7.11 Å². The number of aliphatic hydroxyl groups is 1. The molecule has 1 heterocycles. The number of epoxide rings is 1. The number of fused-ring (bicyclic) bond motifs is 1. The van der Waals surface area contributed by atoms with E-state index in [1.54, 1.807) is 7.11 Å². The molecule has 0 spiro atoms. The van der Waals surface area contributed by atoms with Gasteiger partial charge in [-0.25, -0.2) is 0 Å². The molecule has 0 aromatic heterocycles. The zero-order valence-corrected chi connectivity index (χ0v) is 9.56. The van der Waals surface area contributed by atoms with Crippen LogP contribution in [0.5, 0.6) is 5.75 Å². The molecule has 1 N–H and O–H groups in total. The SMILES string of the molecule is COc1cccc([C@]23CC[C@@H](O)[C@@]2(C)O3)c1. The normalized spacial score (nSPS) is 40.6. The minimum absolute atomic E-state index is 0.277. The predicted octanol–water partition coefficient (Wildman–Crippen LogP) is 1.83. The van der Waals surface area contributed by atoms with E-state index < -0.39 is 0 Å². The van der Waals surface area contributed by atoms with E-state index in [2.05, 4.69) is 0 Å². The molecule has 0 unspecified atom stereocenters. The summed E-state index contributed by atoms with van der Waals surface area (Å²) in [6, 6.07) is 7.94. The van der Waals surface area contributed by atoms with Gasteiger partial charge < -0.3 is 14.6 Å². The molecule has 3 atom stereocenters. The minimum atomic E-state index is -0.390. The Kier molecular flexibility index (Phi) is 1.89. The van der Waals surface area contributed by atoms with Crippen molar-refractivity contribution in [3.05, 3.63) is 29.8 Å². The van der Waals surface area contributed by atoms with Gasteiger partial charge in [0.15, 0.2) is 0 Å². The summed E-state index contributed by atoms with van der Waals surface area (Å²) >= 11 is 0. The van der Waals surface area contributed by atoms with Crippen LogP contribution in [0.2, 0.25) is 0 Å². The topological polar surface area (TPSA) is 42.0 Å². The highest BCUT2D eigenvalue weighted by Crippen LogP contribution is 2.65. The molecule has 16 heavy (non-hydrogen) atoms. The molecule has 0 bridgehead atoms. The summed E-state index contributed by atoms with van der Waals surface area (Å²) < 4.78 is 11.0. The van der Waals surface area contributed by atoms with E-state index >= 15 is 0 Å². The first kappa shape index (κ1) is 10.1. The molecule has 1 aromatic rings. The van der Waals surface area contributed by atoms with Crippen LogP contribution in [0.3, 0.4) is 0 Å². The van der Waals surface area contributed by atoms with Gasteiger partial charge in [0.05, 0.1) is 13.2 Å². The van der Waals surface area contributed by atoms with Crippen LogP contribution >= 0.6 is 0 Å². The fraction of sp³-hybridized carbons (Fsp3) is 0.538. The minimum Gasteiger partial charge on any atom is -0.497 e. The van der Waals surface area contributed by atoms with Gasteiger partial charge in [0.2, 0.25) is 0 Å². The summed E-state index contributed by atoms with van der Waals surface area (Å²) in [5, 5.41) is 9.90. The zero-order chi connectivity index (χ0) is 11.4. The number of aliphatic hydroxyl groups excluding tert-OH is 1. The van der Waals surface area contributed by atoms with Crippen molar-refractivity contribution in [2.45, 2.75) is 37.1 Å². The van der Waals surface area contributed by atoms with E-state index in [1.807, 2.05) is 31.2 Å². The molecule has 2 aliphatic rings. The Morgan fingerprint density at radius 1 is 1.50 bits per heavy atom. The average Bonchev–Trinajstić information content (AvgIpc) is 2.87. The van der Waals surface area contributed by atoms with Crippen molar-refractivity contribution in [1.82, 2.24) is 0 Å². The molecule has 86 valence electrons. The maximum Gasteiger partial charge on any atom is 0.126 e. The third-order valence-electron chi connectivity index (χ3n) is 4.09. The van der Waals surface area contributed by atoms with Gasteiger partial charge in [-0.05, 0) is 37.5 Å². The molecule has 1 saturated heterocycles. The van der Waals surface area contributed by atoms with Gasteiger partial charge in [0.25, 0.3) is 0 Å². The fourth-order valence-corrected chi connectivity index (χ4v) is 2.95. The third-order valence-corrected chi connectivity index (χ3v) is 4.09. The van der Waals surface area contributed by atoms with Crippen molar-refractivity contribution >= 4 is 0 Å². The lowest BCUT2D eigenvalue weighted by atomic mass is 9.89. The van der Waals surface area contributed by atoms with Crippen molar-refractivity contribution in [2.24, 2.45) is 0 Å². The Hall–Kier alpha value is -1.06. The van der Waals surface area contributed by atoms with E-state index in [0.29, 0.717) is 0 Å². The highest BCUT2D eigenvalue weighted by Gasteiger charge is 2.74. The van der Waals surface area contributed by atoms with Gasteiger partial charge in [-0.3, -0.25) is 0 Å². The predicted molar refractivity (Wildman–Crippen MR) is 59.4 cm³/mol. The molecule has 1 aliphatic heterocycles. The highest BCUT2D eigenvalue weighted by molar-refractivity contribution is 5.41. The lowest BCUT2D eigenvalue weighted by molar-refractivity contribution is 0.0699. The van der Waals surface area contributed by atoms with Gasteiger partial charge in [0, 0.05) is 0 Å². The maximum atomic E-state index is 9.90. The number of hydrogen-bond acceptors (Lipinski definition) is 3. The molecule has 0 radical (unpaired) electrons. The first-order valence-corrected chi connectivity index (χ1v) is 5.65. The van der Waals surface area contributed by atoms with Gasteiger partial charge in [-0.15, -0.1) is 0 Å². The van der Waals surface area contributed by atoms with Crippen molar-refractivity contribution in [3.8, 4) is 5.75 Å². The lowest BCUT2D eigenvalue weighted by Crippen LogP contribution is -2.25. The fourth-order valence-electron chi connectivity index (χ4n) is 2.95. The maximum absolute atomic E-state index is 9.90. The summed E-state index contributed by atoms with van der Waals surface area (Å²) in [5.74, 6) is 0.839. The summed E-state index contributed by atoms with van der Waals surface area (Å²) in [5.41, 5.74) is 0.450. The molecule has 3 heteroatoms. The van der Waals surface area contributed by atoms with Crippen LogP contribution in [0.1, 0.15) is 25.3 Å². The Balaban J connectivity index is 2.00. The molecular weight excluding hydrogens is 204 g/mol. The summed E-state index contributed by atoms with van der Waals surface area (Å²) in [6.07, 6.45) is 1.35. The summed E-state index contributed by atoms with van der Waals surface area (Å²) in [4.78, 5) is 0. The smallest absolute Gasteiger partial charge is 0.126 e. The van der Waals surface area contributed by atoms with Gasteiger partial charge in [-0.2, -0.15) is 0 Å². The van der Waals surface area contributed by atoms with Crippen molar-refractivity contribution in [3.63, 3.8) is 0 Å².